The first-order valence-electron chi connectivity index (χ1n) is 8.86. The molecule has 7 nitrogen and oxygen atoms in total. The van der Waals surface area contributed by atoms with Crippen LogP contribution in [0.1, 0.15) is 6.42 Å². The molecule has 0 unspecified atom stereocenters. The van der Waals surface area contributed by atoms with Crippen LogP contribution in [0.4, 0.5) is 25.2 Å². The topological polar surface area (TPSA) is 73.4 Å². The molecule has 144 valence electrons. The molecule has 1 saturated heterocycles. The van der Waals surface area contributed by atoms with Gasteiger partial charge in [-0.25, -0.2) is 23.5 Å². The van der Waals surface area contributed by atoms with Crippen LogP contribution >= 0.6 is 0 Å². The number of aromatic nitrogens is 2. The van der Waals surface area contributed by atoms with E-state index in [2.05, 4.69) is 30.4 Å². The van der Waals surface area contributed by atoms with Crippen LogP contribution < -0.4 is 15.5 Å². The molecule has 0 aliphatic carbocycles. The number of piperazine rings is 1. The van der Waals surface area contributed by atoms with Crippen LogP contribution in [0.3, 0.4) is 0 Å². The van der Waals surface area contributed by atoms with Crippen molar-refractivity contribution in [2.24, 2.45) is 0 Å². The highest BCUT2D eigenvalue weighted by Crippen LogP contribution is 2.14. The van der Waals surface area contributed by atoms with Crippen molar-refractivity contribution >= 4 is 17.7 Å². The summed E-state index contributed by atoms with van der Waals surface area (Å²) in [6, 6.07) is 4.31. The van der Waals surface area contributed by atoms with Crippen LogP contribution in [0.5, 0.6) is 0 Å². The Morgan fingerprint density at radius 3 is 2.56 bits per heavy atom. The molecule has 1 aliphatic rings. The zero-order chi connectivity index (χ0) is 19.1. The minimum Gasteiger partial charge on any atom is -0.338 e. The van der Waals surface area contributed by atoms with Crippen LogP contribution in [0.15, 0.2) is 36.7 Å². The second kappa shape index (κ2) is 9.22. The number of urea groups is 1. The fourth-order valence-corrected chi connectivity index (χ4v) is 2.89. The molecular weight excluding hydrogens is 354 g/mol. The number of hydrogen-bond donors (Lipinski definition) is 2. The molecule has 0 saturated carbocycles. The van der Waals surface area contributed by atoms with Crippen molar-refractivity contribution in [3.63, 3.8) is 0 Å². The third kappa shape index (κ3) is 5.58. The molecule has 1 aromatic carbocycles. The van der Waals surface area contributed by atoms with Crippen molar-refractivity contribution in [2.75, 3.05) is 49.5 Å². The first-order valence-corrected chi connectivity index (χ1v) is 8.86. The lowest BCUT2D eigenvalue weighted by atomic mass is 10.3. The Labute approximate surface area is 156 Å². The van der Waals surface area contributed by atoms with Crippen LogP contribution in [0.2, 0.25) is 0 Å². The van der Waals surface area contributed by atoms with Gasteiger partial charge in [0.25, 0.3) is 0 Å². The van der Waals surface area contributed by atoms with Gasteiger partial charge in [-0.15, -0.1) is 0 Å². The predicted octanol–water partition coefficient (Wildman–Crippen LogP) is 2.09. The molecule has 0 spiro atoms. The highest BCUT2D eigenvalue weighted by Gasteiger charge is 2.18. The van der Waals surface area contributed by atoms with E-state index >= 15 is 0 Å². The number of benzene rings is 1. The summed E-state index contributed by atoms with van der Waals surface area (Å²) in [4.78, 5) is 24.8. The molecule has 1 fully saturated rings. The first-order chi connectivity index (χ1) is 13.1. The molecule has 1 aromatic heterocycles. The maximum atomic E-state index is 13.5. The number of carbonyl (C=O) groups excluding carboxylic acids is 1. The summed E-state index contributed by atoms with van der Waals surface area (Å²) < 4.78 is 26.3. The number of carbonyl (C=O) groups is 1. The van der Waals surface area contributed by atoms with Gasteiger partial charge in [0.15, 0.2) is 0 Å². The zero-order valence-electron chi connectivity index (χ0n) is 14.9. The highest BCUT2D eigenvalue weighted by molar-refractivity contribution is 5.89. The molecule has 3 rings (SSSR count). The van der Waals surface area contributed by atoms with Gasteiger partial charge >= 0.3 is 6.03 Å². The van der Waals surface area contributed by atoms with Gasteiger partial charge in [0.1, 0.15) is 11.6 Å². The van der Waals surface area contributed by atoms with Crippen LogP contribution in [-0.4, -0.2) is 60.2 Å². The van der Waals surface area contributed by atoms with Crippen molar-refractivity contribution in [1.29, 1.82) is 0 Å². The van der Waals surface area contributed by atoms with E-state index in [1.54, 1.807) is 18.5 Å². The molecule has 2 aromatic rings. The van der Waals surface area contributed by atoms with Crippen molar-refractivity contribution in [2.45, 2.75) is 6.42 Å². The fraction of sp³-hybridized carbons (Fsp3) is 0.389. The zero-order valence-corrected chi connectivity index (χ0v) is 14.9. The van der Waals surface area contributed by atoms with E-state index in [-0.39, 0.29) is 5.69 Å². The third-order valence-corrected chi connectivity index (χ3v) is 4.32. The lowest BCUT2D eigenvalue weighted by Gasteiger charge is -2.34. The molecule has 27 heavy (non-hydrogen) atoms. The Balaban J connectivity index is 1.32. The SMILES string of the molecule is O=C(NCCCN1CCN(c2ncccn2)CC1)Nc1ccc(F)cc1F. The normalized spacial score (nSPS) is 14.8. The standard InChI is InChI=1S/C18H22F2N6O/c19-14-3-4-16(15(20)13-14)24-18(27)23-7-2-8-25-9-11-26(12-10-25)17-21-5-1-6-22-17/h1,3-6,13H,2,7-12H2,(H2,23,24,27). The maximum absolute atomic E-state index is 13.5. The molecule has 0 radical (unpaired) electrons. The van der Waals surface area contributed by atoms with Gasteiger partial charge in [-0.1, -0.05) is 0 Å². The number of amides is 2. The molecule has 1 aliphatic heterocycles. The summed E-state index contributed by atoms with van der Waals surface area (Å²) in [5.41, 5.74) is -0.0480. The van der Waals surface area contributed by atoms with Crippen molar-refractivity contribution < 1.29 is 13.6 Å². The van der Waals surface area contributed by atoms with E-state index in [1.165, 1.54) is 6.07 Å². The van der Waals surface area contributed by atoms with E-state index in [1.807, 2.05) is 0 Å². The molecule has 0 atom stereocenters. The van der Waals surface area contributed by atoms with Crippen LogP contribution in [0, 0.1) is 11.6 Å². The number of rotatable bonds is 6. The molecule has 2 N–H and O–H groups in total. The summed E-state index contributed by atoms with van der Waals surface area (Å²) >= 11 is 0. The van der Waals surface area contributed by atoms with Crippen molar-refractivity contribution in [1.82, 2.24) is 20.2 Å². The lowest BCUT2D eigenvalue weighted by molar-refractivity contribution is 0.243. The quantitative estimate of drug-likeness (QED) is 0.756. The monoisotopic (exact) mass is 376 g/mol. The number of nitrogens with zero attached hydrogens (tertiary/aromatic N) is 4. The molecule has 2 heterocycles. The van der Waals surface area contributed by atoms with Gasteiger partial charge in [0.2, 0.25) is 5.95 Å². The van der Waals surface area contributed by atoms with Crippen molar-refractivity contribution in [3.8, 4) is 0 Å². The molecule has 9 heteroatoms. The first kappa shape index (κ1) is 19.0. The highest BCUT2D eigenvalue weighted by atomic mass is 19.1. The fourth-order valence-electron chi connectivity index (χ4n) is 2.89. The van der Waals surface area contributed by atoms with E-state index in [9.17, 15) is 13.6 Å². The summed E-state index contributed by atoms with van der Waals surface area (Å²) in [7, 11) is 0. The van der Waals surface area contributed by atoms with Gasteiger partial charge < -0.3 is 15.5 Å². The van der Waals surface area contributed by atoms with Gasteiger partial charge in [0, 0.05) is 51.2 Å². The average molecular weight is 376 g/mol. The van der Waals surface area contributed by atoms with Crippen molar-refractivity contribution in [3.05, 3.63) is 48.3 Å². The van der Waals surface area contributed by atoms with Gasteiger partial charge in [0.05, 0.1) is 5.69 Å². The number of nitrogens with one attached hydrogen (secondary N) is 2. The van der Waals surface area contributed by atoms with Crippen LogP contribution in [-0.2, 0) is 0 Å². The van der Waals surface area contributed by atoms with Gasteiger partial charge in [-0.3, -0.25) is 4.90 Å². The largest absolute Gasteiger partial charge is 0.338 e. The maximum Gasteiger partial charge on any atom is 0.319 e. The van der Waals surface area contributed by atoms with E-state index in [4.69, 9.17) is 0 Å². The third-order valence-electron chi connectivity index (χ3n) is 4.32. The summed E-state index contributed by atoms with van der Waals surface area (Å²) in [5.74, 6) is -0.730. The smallest absolute Gasteiger partial charge is 0.319 e. The Morgan fingerprint density at radius 2 is 1.85 bits per heavy atom. The Kier molecular flexibility index (Phi) is 6.48. The van der Waals surface area contributed by atoms with E-state index in [0.29, 0.717) is 6.54 Å². The summed E-state index contributed by atoms with van der Waals surface area (Å²) in [5, 5.41) is 5.05. The molecule has 0 bridgehead atoms. The lowest BCUT2D eigenvalue weighted by Crippen LogP contribution is -2.47. The van der Waals surface area contributed by atoms with Gasteiger partial charge in [-0.2, -0.15) is 0 Å². The predicted molar refractivity (Wildman–Crippen MR) is 98.7 cm³/mol. The van der Waals surface area contributed by atoms with E-state index in [0.717, 1.165) is 57.2 Å². The Hall–Kier alpha value is -2.81. The second-order valence-electron chi connectivity index (χ2n) is 6.24. The van der Waals surface area contributed by atoms with Crippen LogP contribution in [0.25, 0.3) is 0 Å². The summed E-state index contributed by atoms with van der Waals surface area (Å²) in [6.07, 6.45) is 4.26. The summed E-state index contributed by atoms with van der Waals surface area (Å²) in [6.45, 7) is 4.87. The number of hydrogen-bond acceptors (Lipinski definition) is 5. The van der Waals surface area contributed by atoms with E-state index < -0.39 is 17.7 Å². The van der Waals surface area contributed by atoms with Gasteiger partial charge in [-0.05, 0) is 31.2 Å². The molecule has 2 amide bonds. The second-order valence-corrected chi connectivity index (χ2v) is 6.24. The minimum absolute atomic E-state index is 0.0480. The number of halogens is 2. The Morgan fingerprint density at radius 1 is 1.11 bits per heavy atom. The molecular formula is C18H22F2N6O. The number of anilines is 2. The minimum atomic E-state index is -0.801. The average Bonchev–Trinajstić information content (AvgIpc) is 2.69. The Bertz CT molecular complexity index is 753.